The molecule has 0 bridgehead atoms. The molecule has 0 atom stereocenters. The summed E-state index contributed by atoms with van der Waals surface area (Å²) in [6.07, 6.45) is 3.69. The number of ether oxygens (including phenoxy) is 1. The molecule has 0 fully saturated rings. The fourth-order valence-electron chi connectivity index (χ4n) is 1.71. The number of hydrogen-bond donors (Lipinski definition) is 1. The molecule has 1 N–H and O–H groups in total. The highest BCUT2D eigenvalue weighted by Crippen LogP contribution is 2.26. The van der Waals surface area contributed by atoms with Crippen LogP contribution in [0.2, 0.25) is 0 Å². The molecule has 0 saturated carbocycles. The molecule has 20 heavy (non-hydrogen) atoms. The van der Waals surface area contributed by atoms with Gasteiger partial charge in [-0.2, -0.15) is 0 Å². The molecular weight excluding hydrogens is 340 g/mol. The van der Waals surface area contributed by atoms with Crippen molar-refractivity contribution in [1.82, 2.24) is 0 Å². The van der Waals surface area contributed by atoms with Crippen LogP contribution < -0.4 is 0 Å². The maximum Gasteiger partial charge on any atom is 0.342 e. The Kier molecular flexibility index (Phi) is 4.98. The van der Waals surface area contributed by atoms with E-state index in [1.165, 1.54) is 6.07 Å². The molecule has 104 valence electrons. The van der Waals surface area contributed by atoms with E-state index in [2.05, 4.69) is 15.9 Å². The Balaban J connectivity index is 2.34. The number of phenols is 1. The van der Waals surface area contributed by atoms with Gasteiger partial charge in [-0.25, -0.2) is 4.79 Å². The van der Waals surface area contributed by atoms with Gasteiger partial charge in [0.15, 0.2) is 0 Å². The number of rotatable bonds is 4. The Hall–Kier alpha value is -1.59. The van der Waals surface area contributed by atoms with Gasteiger partial charge >= 0.3 is 5.97 Å². The number of aromatic hydroxyl groups is 1. The van der Waals surface area contributed by atoms with Crippen molar-refractivity contribution < 1.29 is 14.6 Å². The molecule has 0 unspecified atom stereocenters. The Bertz CT molecular complexity index is 646. The highest BCUT2D eigenvalue weighted by molar-refractivity contribution is 9.11. The van der Waals surface area contributed by atoms with Crippen LogP contribution in [0.25, 0.3) is 12.2 Å². The molecule has 0 aliphatic carbocycles. The number of esters is 1. The minimum absolute atomic E-state index is 0.0713. The Labute approximate surface area is 129 Å². The Morgan fingerprint density at radius 2 is 2.15 bits per heavy atom. The molecule has 1 aromatic carbocycles. The number of benzene rings is 1. The van der Waals surface area contributed by atoms with Crippen molar-refractivity contribution in [2.75, 3.05) is 6.61 Å². The third-order valence-corrected chi connectivity index (χ3v) is 4.16. The highest BCUT2D eigenvalue weighted by atomic mass is 79.9. The van der Waals surface area contributed by atoms with Crippen LogP contribution in [0.5, 0.6) is 5.75 Å². The maximum absolute atomic E-state index is 11.9. The summed E-state index contributed by atoms with van der Waals surface area (Å²) in [6, 6.07) is 8.87. The number of thiophene rings is 1. The lowest BCUT2D eigenvalue weighted by atomic mass is 10.1. The fourth-order valence-corrected chi connectivity index (χ4v) is 3.04. The van der Waals surface area contributed by atoms with Crippen molar-refractivity contribution in [1.29, 1.82) is 0 Å². The summed E-state index contributed by atoms with van der Waals surface area (Å²) in [4.78, 5) is 12.9. The van der Waals surface area contributed by atoms with E-state index in [9.17, 15) is 9.90 Å². The van der Waals surface area contributed by atoms with E-state index < -0.39 is 5.97 Å². The fraction of sp³-hybridized carbons (Fsp3) is 0.133. The van der Waals surface area contributed by atoms with Gasteiger partial charge in [-0.1, -0.05) is 18.2 Å². The van der Waals surface area contributed by atoms with Crippen molar-refractivity contribution in [2.24, 2.45) is 0 Å². The second-order valence-electron chi connectivity index (χ2n) is 3.94. The lowest BCUT2D eigenvalue weighted by Crippen LogP contribution is -2.06. The second-order valence-corrected chi connectivity index (χ2v) is 6.43. The summed E-state index contributed by atoms with van der Waals surface area (Å²) in [6.45, 7) is 2.00. The molecule has 5 heteroatoms. The number of carbonyl (C=O) groups excluding carboxylic acids is 1. The van der Waals surface area contributed by atoms with Gasteiger partial charge in [-0.05, 0) is 52.7 Å². The molecule has 2 rings (SSSR count). The maximum atomic E-state index is 11.9. The van der Waals surface area contributed by atoms with Crippen LogP contribution in [0.3, 0.4) is 0 Å². The van der Waals surface area contributed by atoms with Gasteiger partial charge in [0.2, 0.25) is 0 Å². The molecular formula is C15H13BrO3S. The normalized spacial score (nSPS) is 10.9. The van der Waals surface area contributed by atoms with Gasteiger partial charge in [0.25, 0.3) is 0 Å². The van der Waals surface area contributed by atoms with Crippen molar-refractivity contribution in [3.8, 4) is 5.75 Å². The Morgan fingerprint density at radius 3 is 2.80 bits per heavy atom. The SMILES string of the molecule is CCOC(=O)c1c(O)cccc1C=Cc1ccc(Br)s1. The molecule has 0 spiro atoms. The van der Waals surface area contributed by atoms with Crippen molar-refractivity contribution >= 4 is 45.4 Å². The molecule has 1 heterocycles. The summed E-state index contributed by atoms with van der Waals surface area (Å²) in [5.41, 5.74) is 0.828. The van der Waals surface area contributed by atoms with Gasteiger partial charge in [0.1, 0.15) is 11.3 Å². The monoisotopic (exact) mass is 352 g/mol. The summed E-state index contributed by atoms with van der Waals surface area (Å²) in [7, 11) is 0. The van der Waals surface area contributed by atoms with Gasteiger partial charge < -0.3 is 9.84 Å². The van der Waals surface area contributed by atoms with Crippen LogP contribution in [-0.2, 0) is 4.74 Å². The Morgan fingerprint density at radius 1 is 1.35 bits per heavy atom. The number of halogens is 1. The zero-order chi connectivity index (χ0) is 14.5. The zero-order valence-corrected chi connectivity index (χ0v) is 13.2. The topological polar surface area (TPSA) is 46.5 Å². The van der Waals surface area contributed by atoms with Crippen molar-refractivity contribution in [3.05, 3.63) is 50.1 Å². The number of carbonyl (C=O) groups is 1. The standard InChI is InChI=1S/C15H13BrO3S/c1-2-19-15(18)14-10(4-3-5-12(14)17)6-7-11-8-9-13(16)20-11/h3-9,17H,2H2,1H3. The largest absolute Gasteiger partial charge is 0.507 e. The summed E-state index contributed by atoms with van der Waals surface area (Å²) in [5, 5.41) is 9.85. The first kappa shape index (κ1) is 14.8. The highest BCUT2D eigenvalue weighted by Gasteiger charge is 2.15. The van der Waals surface area contributed by atoms with Crippen LogP contribution in [0.1, 0.15) is 27.7 Å². The average Bonchev–Trinajstić information content (AvgIpc) is 2.82. The van der Waals surface area contributed by atoms with Gasteiger partial charge in [-0.15, -0.1) is 11.3 Å². The summed E-state index contributed by atoms with van der Waals surface area (Å²) >= 11 is 4.99. The van der Waals surface area contributed by atoms with E-state index in [4.69, 9.17) is 4.74 Å². The molecule has 0 aliphatic heterocycles. The quantitative estimate of drug-likeness (QED) is 0.820. The average molecular weight is 353 g/mol. The van der Waals surface area contributed by atoms with Crippen molar-refractivity contribution in [3.63, 3.8) is 0 Å². The first-order valence-corrected chi connectivity index (χ1v) is 7.65. The predicted molar refractivity (Wildman–Crippen MR) is 85.0 cm³/mol. The van der Waals surface area contributed by atoms with Crippen LogP contribution in [0.4, 0.5) is 0 Å². The number of hydrogen-bond acceptors (Lipinski definition) is 4. The van der Waals surface area contributed by atoms with Crippen LogP contribution >= 0.6 is 27.3 Å². The minimum atomic E-state index is -0.516. The van der Waals surface area contributed by atoms with E-state index in [-0.39, 0.29) is 17.9 Å². The van der Waals surface area contributed by atoms with Crippen molar-refractivity contribution in [2.45, 2.75) is 6.92 Å². The zero-order valence-electron chi connectivity index (χ0n) is 10.8. The third kappa shape index (κ3) is 3.49. The molecule has 0 aliphatic rings. The molecule has 0 amide bonds. The van der Waals surface area contributed by atoms with Gasteiger partial charge in [0, 0.05) is 4.88 Å². The van der Waals surface area contributed by atoms with E-state index >= 15 is 0 Å². The molecule has 0 saturated heterocycles. The van der Waals surface area contributed by atoms with E-state index in [0.29, 0.717) is 5.56 Å². The minimum Gasteiger partial charge on any atom is -0.507 e. The van der Waals surface area contributed by atoms with E-state index in [1.54, 1.807) is 36.5 Å². The van der Waals surface area contributed by atoms with Crippen LogP contribution in [0, 0.1) is 0 Å². The third-order valence-electron chi connectivity index (χ3n) is 2.58. The lowest BCUT2D eigenvalue weighted by molar-refractivity contribution is 0.0523. The molecule has 2 aromatic rings. The molecule has 0 radical (unpaired) electrons. The first-order chi connectivity index (χ1) is 9.61. The lowest BCUT2D eigenvalue weighted by Gasteiger charge is -2.07. The summed E-state index contributed by atoms with van der Waals surface area (Å²) < 4.78 is 6.01. The van der Waals surface area contributed by atoms with Crippen LogP contribution in [0.15, 0.2) is 34.1 Å². The van der Waals surface area contributed by atoms with E-state index in [1.807, 2.05) is 18.2 Å². The van der Waals surface area contributed by atoms with Gasteiger partial charge in [0.05, 0.1) is 10.4 Å². The molecule has 1 aromatic heterocycles. The predicted octanol–water partition coefficient (Wildman–Crippen LogP) is 4.56. The van der Waals surface area contributed by atoms with E-state index in [0.717, 1.165) is 8.66 Å². The molecule has 3 nitrogen and oxygen atoms in total. The smallest absolute Gasteiger partial charge is 0.342 e. The van der Waals surface area contributed by atoms with Gasteiger partial charge in [-0.3, -0.25) is 0 Å². The second kappa shape index (κ2) is 6.72. The summed E-state index contributed by atoms with van der Waals surface area (Å²) in [5.74, 6) is -0.587. The number of phenolic OH excluding ortho intramolecular Hbond substituents is 1. The first-order valence-electron chi connectivity index (χ1n) is 6.04. The van der Waals surface area contributed by atoms with Crippen LogP contribution in [-0.4, -0.2) is 17.7 Å².